The third-order valence-electron chi connectivity index (χ3n) is 4.45. The first kappa shape index (κ1) is 26.4. The molecule has 0 spiro atoms. The van der Waals surface area contributed by atoms with Crippen molar-refractivity contribution in [3.05, 3.63) is 35.9 Å². The predicted molar refractivity (Wildman–Crippen MR) is 119 cm³/mol. The van der Waals surface area contributed by atoms with Crippen LogP contribution in [0.5, 0.6) is 0 Å². The van der Waals surface area contributed by atoms with Gasteiger partial charge in [0, 0.05) is 12.6 Å². The average molecular weight is 436 g/mol. The zero-order chi connectivity index (χ0) is 23.6. The monoisotopic (exact) mass is 435 g/mol. The van der Waals surface area contributed by atoms with Gasteiger partial charge in [0.1, 0.15) is 17.7 Å². The fourth-order valence-electron chi connectivity index (χ4n) is 3.05. The van der Waals surface area contributed by atoms with Crippen LogP contribution < -0.4 is 10.6 Å². The largest absolute Gasteiger partial charge is 0.444 e. The van der Waals surface area contributed by atoms with Crippen molar-refractivity contribution in [1.29, 1.82) is 0 Å². The highest BCUT2D eigenvalue weighted by atomic mass is 16.6. The summed E-state index contributed by atoms with van der Waals surface area (Å²) in [5, 5.41) is 15.1. The number of aliphatic hydroxyl groups is 1. The van der Waals surface area contributed by atoms with Crippen LogP contribution in [0.4, 0.5) is 4.79 Å². The molecule has 1 aromatic rings. The van der Waals surface area contributed by atoms with Gasteiger partial charge in [-0.15, -0.1) is 0 Å². The van der Waals surface area contributed by atoms with Gasteiger partial charge in [-0.2, -0.15) is 0 Å². The first-order valence-electron chi connectivity index (χ1n) is 10.8. The number of nitrogens with zero attached hydrogens (tertiary/aromatic N) is 1. The number of unbranched alkanes of at least 4 members (excludes halogenated alkanes) is 1. The van der Waals surface area contributed by atoms with Crippen molar-refractivity contribution in [3.63, 3.8) is 0 Å². The summed E-state index contributed by atoms with van der Waals surface area (Å²) in [6.45, 7) is 10.6. The highest BCUT2D eigenvalue weighted by Gasteiger charge is 2.37. The van der Waals surface area contributed by atoms with Crippen LogP contribution in [0, 0.1) is 0 Å². The molecule has 2 unspecified atom stereocenters. The molecule has 3 amide bonds. The van der Waals surface area contributed by atoms with E-state index < -0.39 is 36.3 Å². The van der Waals surface area contributed by atoms with Crippen LogP contribution in [0.1, 0.15) is 66.0 Å². The molecule has 0 fully saturated rings. The molecule has 2 atom stereocenters. The number of ether oxygens (including phenoxy) is 1. The van der Waals surface area contributed by atoms with E-state index in [-0.39, 0.29) is 11.9 Å². The van der Waals surface area contributed by atoms with Crippen LogP contribution >= 0.6 is 0 Å². The predicted octanol–water partition coefficient (Wildman–Crippen LogP) is 2.77. The fourth-order valence-corrected chi connectivity index (χ4v) is 3.05. The van der Waals surface area contributed by atoms with Gasteiger partial charge in [0.25, 0.3) is 0 Å². The van der Waals surface area contributed by atoms with Gasteiger partial charge in [-0.25, -0.2) is 4.79 Å². The molecule has 174 valence electrons. The maximum atomic E-state index is 13.4. The molecule has 0 saturated carbocycles. The number of alkyl carbamates (subject to hydrolysis) is 1. The number of carbonyl (C=O) groups is 3. The molecule has 1 aromatic carbocycles. The minimum atomic E-state index is -1.24. The van der Waals surface area contributed by atoms with E-state index in [1.165, 1.54) is 4.90 Å². The Hall–Kier alpha value is -2.61. The smallest absolute Gasteiger partial charge is 0.408 e. The number of rotatable bonds is 10. The Balaban J connectivity index is 3.21. The Bertz CT molecular complexity index is 716. The van der Waals surface area contributed by atoms with Crippen LogP contribution in [0.15, 0.2) is 30.3 Å². The maximum Gasteiger partial charge on any atom is 0.408 e. The van der Waals surface area contributed by atoms with Gasteiger partial charge in [0.2, 0.25) is 11.8 Å². The van der Waals surface area contributed by atoms with E-state index in [0.717, 1.165) is 12.8 Å². The second-order valence-corrected chi connectivity index (χ2v) is 8.68. The molecule has 0 bridgehead atoms. The van der Waals surface area contributed by atoms with Crippen molar-refractivity contribution in [2.75, 3.05) is 13.2 Å². The molecule has 0 aliphatic rings. The van der Waals surface area contributed by atoms with E-state index in [0.29, 0.717) is 12.1 Å². The fraction of sp³-hybridized carbons (Fsp3) is 0.609. The molecular weight excluding hydrogens is 398 g/mol. The number of hydrogen-bond acceptors (Lipinski definition) is 5. The molecule has 8 heteroatoms. The van der Waals surface area contributed by atoms with Crippen LogP contribution in [0.2, 0.25) is 0 Å². The summed E-state index contributed by atoms with van der Waals surface area (Å²) in [5.41, 5.74) is -0.108. The maximum absolute atomic E-state index is 13.4. The van der Waals surface area contributed by atoms with E-state index in [1.807, 2.05) is 13.0 Å². The molecular formula is C23H37N3O5. The molecule has 3 N–H and O–H groups in total. The van der Waals surface area contributed by atoms with Crippen LogP contribution in [0.3, 0.4) is 0 Å². The molecule has 0 heterocycles. The van der Waals surface area contributed by atoms with Crippen molar-refractivity contribution in [2.45, 2.75) is 78.1 Å². The van der Waals surface area contributed by atoms with Gasteiger partial charge in [-0.05, 0) is 46.6 Å². The van der Waals surface area contributed by atoms with Gasteiger partial charge < -0.3 is 25.4 Å². The first-order chi connectivity index (χ1) is 14.5. The summed E-state index contributed by atoms with van der Waals surface area (Å²) < 4.78 is 5.21. The lowest BCUT2D eigenvalue weighted by molar-refractivity contribution is -0.145. The second-order valence-electron chi connectivity index (χ2n) is 8.68. The molecule has 0 aromatic heterocycles. The minimum absolute atomic E-state index is 0.310. The van der Waals surface area contributed by atoms with Gasteiger partial charge in [0.15, 0.2) is 0 Å². The van der Waals surface area contributed by atoms with Gasteiger partial charge in [-0.3, -0.25) is 9.59 Å². The van der Waals surface area contributed by atoms with Crippen molar-refractivity contribution in [1.82, 2.24) is 15.5 Å². The highest BCUT2D eigenvalue weighted by Crippen LogP contribution is 2.25. The number of amides is 3. The number of nitrogens with one attached hydrogen (secondary N) is 2. The average Bonchev–Trinajstić information content (AvgIpc) is 2.68. The Kier molecular flexibility index (Phi) is 10.5. The molecule has 0 saturated heterocycles. The summed E-state index contributed by atoms with van der Waals surface area (Å²) in [6, 6.07) is 6.47. The summed E-state index contributed by atoms with van der Waals surface area (Å²) in [4.78, 5) is 40.1. The number of carbonyl (C=O) groups excluding carboxylic acids is 3. The van der Waals surface area contributed by atoms with Gasteiger partial charge in [0.05, 0.1) is 6.61 Å². The summed E-state index contributed by atoms with van der Waals surface area (Å²) in [5.74, 6) is -0.876. The Morgan fingerprint density at radius 1 is 1.13 bits per heavy atom. The topological polar surface area (TPSA) is 108 Å². The minimum Gasteiger partial charge on any atom is -0.444 e. The quantitative estimate of drug-likeness (QED) is 0.490. The van der Waals surface area contributed by atoms with Gasteiger partial charge >= 0.3 is 6.09 Å². The zero-order valence-corrected chi connectivity index (χ0v) is 19.5. The third kappa shape index (κ3) is 8.57. The lowest BCUT2D eigenvalue weighted by Gasteiger charge is -2.36. The Morgan fingerprint density at radius 3 is 2.23 bits per heavy atom. The third-order valence-corrected chi connectivity index (χ3v) is 4.45. The standard InChI is InChI=1S/C23H37N3O5/c1-7-8-14-24-20(28)19(17-12-10-9-11-13-17)26(16(2)3)21(29)18(15-27)25-22(30)31-23(4,5)6/h9-13,16,18-19,27H,7-8,14-15H2,1-6H3,(H,24,28)(H,25,30). The molecule has 31 heavy (non-hydrogen) atoms. The van der Waals surface area contributed by atoms with Crippen molar-refractivity contribution in [2.24, 2.45) is 0 Å². The first-order valence-corrected chi connectivity index (χ1v) is 10.8. The van der Waals surface area contributed by atoms with Crippen molar-refractivity contribution >= 4 is 17.9 Å². The SMILES string of the molecule is CCCCNC(=O)C(c1ccccc1)N(C(=O)C(CO)NC(=O)OC(C)(C)C)C(C)C. The number of hydrogen-bond donors (Lipinski definition) is 3. The van der Waals surface area contributed by atoms with Crippen molar-refractivity contribution in [3.8, 4) is 0 Å². The van der Waals surface area contributed by atoms with E-state index in [9.17, 15) is 19.5 Å². The van der Waals surface area contributed by atoms with Gasteiger partial charge in [-0.1, -0.05) is 43.7 Å². The molecule has 1 rings (SSSR count). The summed E-state index contributed by atoms with van der Waals surface area (Å²) in [6.07, 6.45) is 0.935. The van der Waals surface area contributed by atoms with E-state index in [1.54, 1.807) is 58.9 Å². The van der Waals surface area contributed by atoms with E-state index >= 15 is 0 Å². The van der Waals surface area contributed by atoms with Crippen LogP contribution in [-0.4, -0.2) is 58.8 Å². The second kappa shape index (κ2) is 12.3. The molecule has 0 radical (unpaired) electrons. The normalized spacial score (nSPS) is 13.3. The number of aliphatic hydroxyl groups excluding tert-OH is 1. The Morgan fingerprint density at radius 2 is 1.74 bits per heavy atom. The summed E-state index contributed by atoms with van der Waals surface area (Å²) in [7, 11) is 0. The highest BCUT2D eigenvalue weighted by molar-refractivity contribution is 5.92. The lowest BCUT2D eigenvalue weighted by Crippen LogP contribution is -2.56. The molecule has 0 aliphatic heterocycles. The summed E-state index contributed by atoms with van der Waals surface area (Å²) >= 11 is 0. The van der Waals surface area contributed by atoms with E-state index in [2.05, 4.69) is 10.6 Å². The van der Waals surface area contributed by atoms with E-state index in [4.69, 9.17) is 4.74 Å². The van der Waals surface area contributed by atoms with Crippen LogP contribution in [0.25, 0.3) is 0 Å². The molecule has 8 nitrogen and oxygen atoms in total. The van der Waals surface area contributed by atoms with Crippen LogP contribution in [-0.2, 0) is 14.3 Å². The lowest BCUT2D eigenvalue weighted by atomic mass is 10.0. The Labute approximate surface area is 185 Å². The zero-order valence-electron chi connectivity index (χ0n) is 19.5. The number of benzene rings is 1. The van der Waals surface area contributed by atoms with Crippen molar-refractivity contribution < 1.29 is 24.2 Å². The molecule has 0 aliphatic carbocycles.